The fourth-order valence-electron chi connectivity index (χ4n) is 1.70. The molecule has 0 aliphatic rings. The smallest absolute Gasteiger partial charge is 0.257 e. The van der Waals surface area contributed by atoms with E-state index in [4.69, 9.17) is 18.0 Å². The third-order valence-electron chi connectivity index (χ3n) is 2.63. The van der Waals surface area contributed by atoms with Gasteiger partial charge in [0.05, 0.1) is 11.3 Å². The lowest BCUT2D eigenvalue weighted by Crippen LogP contribution is -2.18. The van der Waals surface area contributed by atoms with Crippen molar-refractivity contribution in [2.24, 2.45) is 5.73 Å². The molecule has 0 aliphatic carbocycles. The molecule has 0 spiro atoms. The summed E-state index contributed by atoms with van der Waals surface area (Å²) in [6.07, 6.45) is 3.10. The summed E-state index contributed by atoms with van der Waals surface area (Å²) in [5.41, 5.74) is 7.45. The molecule has 0 bridgehead atoms. The molecule has 0 saturated heterocycles. The first-order valence-electron chi connectivity index (χ1n) is 5.80. The van der Waals surface area contributed by atoms with Crippen LogP contribution in [0.5, 0.6) is 0 Å². The summed E-state index contributed by atoms with van der Waals surface area (Å²) in [4.78, 5) is 16.1. The number of carbonyl (C=O) groups excluding carboxylic acids is 1. The van der Waals surface area contributed by atoms with E-state index in [-0.39, 0.29) is 16.5 Å². The fraction of sp³-hybridized carbons (Fsp3) is 0.0714. The molecule has 4 nitrogen and oxygen atoms in total. The number of thiocarbonyl (C=S) groups is 1. The van der Waals surface area contributed by atoms with Gasteiger partial charge in [0.15, 0.2) is 0 Å². The number of hydrogen-bond acceptors (Lipinski definition) is 3. The van der Waals surface area contributed by atoms with E-state index in [1.54, 1.807) is 12.3 Å². The van der Waals surface area contributed by atoms with Crippen molar-refractivity contribution in [3.8, 4) is 0 Å². The van der Waals surface area contributed by atoms with Crippen molar-refractivity contribution in [1.29, 1.82) is 0 Å². The Morgan fingerprint density at radius 1 is 1.35 bits per heavy atom. The summed E-state index contributed by atoms with van der Waals surface area (Å²) in [7, 11) is 0. The number of nitrogens with two attached hydrogens (primary N) is 1. The molecule has 0 atom stereocenters. The van der Waals surface area contributed by atoms with Crippen molar-refractivity contribution in [2.45, 2.75) is 6.92 Å². The summed E-state index contributed by atoms with van der Waals surface area (Å²) in [5, 5.41) is 2.65. The zero-order chi connectivity index (χ0) is 14.7. The van der Waals surface area contributed by atoms with Gasteiger partial charge in [-0.25, -0.2) is 4.39 Å². The maximum Gasteiger partial charge on any atom is 0.257 e. The first-order chi connectivity index (χ1) is 9.47. The molecular weight excluding hydrogens is 277 g/mol. The van der Waals surface area contributed by atoms with Crippen LogP contribution < -0.4 is 11.1 Å². The minimum Gasteiger partial charge on any atom is -0.389 e. The van der Waals surface area contributed by atoms with Crippen LogP contribution in [0.2, 0.25) is 0 Å². The maximum atomic E-state index is 13.2. The van der Waals surface area contributed by atoms with Crippen LogP contribution in [0.4, 0.5) is 10.1 Å². The van der Waals surface area contributed by atoms with E-state index in [9.17, 15) is 9.18 Å². The second-order valence-electron chi connectivity index (χ2n) is 4.26. The molecule has 0 saturated carbocycles. The molecule has 0 unspecified atom stereocenters. The lowest BCUT2D eigenvalue weighted by molar-refractivity contribution is 0.102. The van der Waals surface area contributed by atoms with Gasteiger partial charge in [0.1, 0.15) is 10.8 Å². The molecule has 1 aromatic heterocycles. The van der Waals surface area contributed by atoms with Gasteiger partial charge in [-0.1, -0.05) is 12.2 Å². The number of amides is 1. The highest BCUT2D eigenvalue weighted by atomic mass is 32.1. The molecule has 1 heterocycles. The second-order valence-corrected chi connectivity index (χ2v) is 4.70. The number of pyridine rings is 1. The molecule has 2 rings (SSSR count). The Kier molecular flexibility index (Phi) is 4.05. The van der Waals surface area contributed by atoms with Crippen LogP contribution in [0.1, 0.15) is 21.5 Å². The predicted octanol–water partition coefficient (Wildman–Crippen LogP) is 2.42. The summed E-state index contributed by atoms with van der Waals surface area (Å²) < 4.78 is 13.2. The highest BCUT2D eigenvalue weighted by molar-refractivity contribution is 7.80. The Bertz CT molecular complexity index is 688. The zero-order valence-electron chi connectivity index (χ0n) is 10.7. The molecule has 0 fully saturated rings. The number of anilines is 1. The molecule has 0 radical (unpaired) electrons. The Balaban J connectivity index is 2.30. The lowest BCUT2D eigenvalue weighted by Gasteiger charge is -2.10. The fourth-order valence-corrected chi connectivity index (χ4v) is 1.87. The third kappa shape index (κ3) is 3.16. The van der Waals surface area contributed by atoms with Crippen molar-refractivity contribution in [3.05, 3.63) is 59.2 Å². The average Bonchev–Trinajstić information content (AvgIpc) is 2.40. The van der Waals surface area contributed by atoms with Gasteiger partial charge in [-0.3, -0.25) is 9.78 Å². The summed E-state index contributed by atoms with van der Waals surface area (Å²) in [5.74, 6) is -0.826. The van der Waals surface area contributed by atoms with Crippen LogP contribution in [0.15, 0.2) is 36.7 Å². The van der Waals surface area contributed by atoms with Crippen molar-refractivity contribution in [1.82, 2.24) is 4.98 Å². The summed E-state index contributed by atoms with van der Waals surface area (Å²) >= 11 is 4.85. The van der Waals surface area contributed by atoms with Gasteiger partial charge in [-0.05, 0) is 36.8 Å². The largest absolute Gasteiger partial charge is 0.389 e. The molecule has 2 aromatic rings. The normalized spacial score (nSPS) is 10.1. The van der Waals surface area contributed by atoms with E-state index >= 15 is 0 Å². The van der Waals surface area contributed by atoms with Gasteiger partial charge < -0.3 is 11.1 Å². The summed E-state index contributed by atoms with van der Waals surface area (Å²) in [6.45, 7) is 1.84. The van der Waals surface area contributed by atoms with Crippen LogP contribution in [-0.4, -0.2) is 15.9 Å². The Hall–Kier alpha value is -2.34. The number of carbonyl (C=O) groups is 1. The monoisotopic (exact) mass is 289 g/mol. The predicted molar refractivity (Wildman–Crippen MR) is 79.2 cm³/mol. The molecule has 6 heteroatoms. The van der Waals surface area contributed by atoms with E-state index in [0.29, 0.717) is 11.3 Å². The number of halogens is 1. The van der Waals surface area contributed by atoms with Gasteiger partial charge in [-0.2, -0.15) is 0 Å². The molecule has 20 heavy (non-hydrogen) atoms. The number of hydrogen-bond donors (Lipinski definition) is 2. The average molecular weight is 289 g/mol. The van der Waals surface area contributed by atoms with E-state index in [0.717, 1.165) is 5.56 Å². The molecule has 3 N–H and O–H groups in total. The van der Waals surface area contributed by atoms with Gasteiger partial charge in [0.25, 0.3) is 5.91 Å². The Morgan fingerprint density at radius 2 is 2.10 bits per heavy atom. The molecule has 1 aromatic carbocycles. The first-order valence-corrected chi connectivity index (χ1v) is 6.20. The molecule has 102 valence electrons. The van der Waals surface area contributed by atoms with E-state index in [1.807, 2.05) is 6.92 Å². The highest BCUT2D eigenvalue weighted by Gasteiger charge is 2.12. The maximum absolute atomic E-state index is 13.2. The zero-order valence-corrected chi connectivity index (χ0v) is 11.5. The first kappa shape index (κ1) is 14.1. The number of nitrogens with one attached hydrogen (secondary N) is 1. The molecule has 0 aliphatic heterocycles. The van der Waals surface area contributed by atoms with Crippen molar-refractivity contribution in [2.75, 3.05) is 5.32 Å². The van der Waals surface area contributed by atoms with Crippen LogP contribution in [0.3, 0.4) is 0 Å². The quantitative estimate of drug-likeness (QED) is 0.852. The third-order valence-corrected chi connectivity index (χ3v) is 2.85. The lowest BCUT2D eigenvalue weighted by atomic mass is 10.1. The molecule has 1 amide bonds. The van der Waals surface area contributed by atoms with E-state index < -0.39 is 5.82 Å². The minimum absolute atomic E-state index is 0.0159. The van der Waals surface area contributed by atoms with Gasteiger partial charge >= 0.3 is 0 Å². The van der Waals surface area contributed by atoms with Gasteiger partial charge in [-0.15, -0.1) is 0 Å². The number of rotatable bonds is 3. The second kappa shape index (κ2) is 5.75. The Morgan fingerprint density at radius 3 is 2.75 bits per heavy atom. The van der Waals surface area contributed by atoms with Gasteiger partial charge in [0, 0.05) is 18.0 Å². The van der Waals surface area contributed by atoms with Crippen molar-refractivity contribution < 1.29 is 9.18 Å². The molecular formula is C14H12FN3OS. The van der Waals surface area contributed by atoms with Crippen LogP contribution in [0, 0.1) is 12.7 Å². The topological polar surface area (TPSA) is 68.0 Å². The number of aryl methyl sites for hydroxylation is 1. The van der Waals surface area contributed by atoms with Gasteiger partial charge in [0.2, 0.25) is 0 Å². The number of nitrogens with zero attached hydrogens (tertiary/aromatic N) is 1. The van der Waals surface area contributed by atoms with Crippen molar-refractivity contribution in [3.63, 3.8) is 0 Å². The minimum atomic E-state index is -0.469. The SMILES string of the molecule is Cc1cncc(C(=O)Nc2ccc(F)cc2C(N)=S)c1. The van der Waals surface area contributed by atoms with E-state index in [2.05, 4.69) is 10.3 Å². The van der Waals surface area contributed by atoms with Crippen LogP contribution in [-0.2, 0) is 0 Å². The van der Waals surface area contributed by atoms with Crippen LogP contribution in [0.25, 0.3) is 0 Å². The highest BCUT2D eigenvalue weighted by Crippen LogP contribution is 2.18. The van der Waals surface area contributed by atoms with Crippen molar-refractivity contribution >= 4 is 28.8 Å². The number of aromatic nitrogens is 1. The van der Waals surface area contributed by atoms with Crippen LogP contribution >= 0.6 is 12.2 Å². The summed E-state index contributed by atoms with van der Waals surface area (Å²) in [6, 6.07) is 5.54. The standard InChI is InChI=1S/C14H12FN3OS/c1-8-4-9(7-17-6-8)14(19)18-12-3-2-10(15)5-11(12)13(16)20/h2-7H,1H3,(H2,16,20)(H,18,19). The van der Waals surface area contributed by atoms with E-state index in [1.165, 1.54) is 24.4 Å². The number of benzene rings is 1. The Labute approximate surface area is 120 Å².